The van der Waals surface area contributed by atoms with Gasteiger partial charge in [-0.25, -0.2) is 0 Å². The van der Waals surface area contributed by atoms with Crippen LogP contribution in [0.2, 0.25) is 0 Å². The van der Waals surface area contributed by atoms with E-state index in [1.807, 2.05) is 37.3 Å². The van der Waals surface area contributed by atoms with Crippen LogP contribution in [0.15, 0.2) is 47.8 Å². The minimum absolute atomic E-state index is 0.377. The zero-order valence-corrected chi connectivity index (χ0v) is 10.8. The van der Waals surface area contributed by atoms with Crippen molar-refractivity contribution in [2.45, 2.75) is 20.4 Å². The van der Waals surface area contributed by atoms with Gasteiger partial charge < -0.3 is 14.9 Å². The number of hydrogen-bond donors (Lipinski definition) is 2. The highest BCUT2D eigenvalue weighted by Crippen LogP contribution is 1.97. The Morgan fingerprint density at radius 1 is 1.33 bits per heavy atom. The van der Waals surface area contributed by atoms with Crippen LogP contribution in [-0.4, -0.2) is 12.6 Å². The van der Waals surface area contributed by atoms with E-state index >= 15 is 0 Å². The summed E-state index contributed by atoms with van der Waals surface area (Å²) in [5.41, 5.74) is 3.55. The molecule has 0 atom stereocenters. The lowest BCUT2D eigenvalue weighted by Crippen LogP contribution is -2.28. The Morgan fingerprint density at radius 3 is 2.67 bits per heavy atom. The first-order chi connectivity index (χ1) is 8.72. The number of benzene rings is 1. The summed E-state index contributed by atoms with van der Waals surface area (Å²) in [6.45, 7) is 8.34. The number of allylic oxidation sites excluding steroid dienone is 1. The predicted molar refractivity (Wildman–Crippen MR) is 71.4 cm³/mol. The normalized spacial score (nSPS) is 10.7. The summed E-state index contributed by atoms with van der Waals surface area (Å²) in [7, 11) is 0. The third-order valence-electron chi connectivity index (χ3n) is 1.93. The van der Waals surface area contributed by atoms with Crippen molar-refractivity contribution in [2.75, 3.05) is 6.61 Å². The van der Waals surface area contributed by atoms with Gasteiger partial charge in [0.05, 0.1) is 6.61 Å². The van der Waals surface area contributed by atoms with Gasteiger partial charge in [0.25, 0.3) is 0 Å². The molecule has 0 saturated heterocycles. The average molecular weight is 249 g/mol. The van der Waals surface area contributed by atoms with Gasteiger partial charge in [0, 0.05) is 6.54 Å². The lowest BCUT2D eigenvalue weighted by atomic mass is 10.2. The monoisotopic (exact) mass is 249 g/mol. The lowest BCUT2D eigenvalue weighted by Gasteiger charge is -2.10. The minimum atomic E-state index is 0.377. The Morgan fingerprint density at radius 2 is 2.06 bits per heavy atom. The van der Waals surface area contributed by atoms with E-state index < -0.39 is 0 Å². The second-order valence-electron chi connectivity index (χ2n) is 3.58. The highest BCUT2D eigenvalue weighted by Gasteiger charge is 1.99. The molecular formula is C13H19N3O2. The molecule has 0 unspecified atom stereocenters. The summed E-state index contributed by atoms with van der Waals surface area (Å²) in [4.78, 5) is 4.92. The van der Waals surface area contributed by atoms with Crippen LogP contribution < -0.4 is 10.9 Å². The Labute approximate surface area is 107 Å². The average Bonchev–Trinajstić information content (AvgIpc) is 2.37. The van der Waals surface area contributed by atoms with Gasteiger partial charge in [-0.2, -0.15) is 0 Å². The van der Waals surface area contributed by atoms with Crippen LogP contribution in [0.5, 0.6) is 0 Å². The second kappa shape index (κ2) is 8.00. The van der Waals surface area contributed by atoms with Gasteiger partial charge in [-0.15, -0.1) is 5.59 Å². The van der Waals surface area contributed by atoms with Crippen LogP contribution in [-0.2, 0) is 16.1 Å². The molecule has 0 amide bonds. The largest absolute Gasteiger partial charge is 0.464 e. The topological polar surface area (TPSA) is 54.9 Å². The van der Waals surface area contributed by atoms with Gasteiger partial charge in [0.2, 0.25) is 0 Å². The lowest BCUT2D eigenvalue weighted by molar-refractivity contribution is 0.107. The van der Waals surface area contributed by atoms with Gasteiger partial charge in [-0.1, -0.05) is 42.0 Å². The van der Waals surface area contributed by atoms with Crippen LogP contribution in [0.1, 0.15) is 19.4 Å². The maximum Gasteiger partial charge on any atom is 0.309 e. The van der Waals surface area contributed by atoms with E-state index in [4.69, 9.17) is 9.57 Å². The standard InChI is InChI=1S/C13H19N3O2/c1-4-17-13(15-16-18-11(2)3)14-10-12-8-6-5-7-9-12/h5-9,16H,2,4,10H2,1,3H3,(H,14,15). The quantitative estimate of drug-likeness (QED) is 0.351. The third kappa shape index (κ3) is 5.79. The maximum absolute atomic E-state index is 5.31. The van der Waals surface area contributed by atoms with Crippen molar-refractivity contribution in [1.29, 1.82) is 0 Å². The van der Waals surface area contributed by atoms with Crippen molar-refractivity contribution in [2.24, 2.45) is 5.10 Å². The van der Waals surface area contributed by atoms with E-state index in [2.05, 4.69) is 22.6 Å². The van der Waals surface area contributed by atoms with Crippen molar-refractivity contribution < 1.29 is 9.57 Å². The summed E-state index contributed by atoms with van der Waals surface area (Å²) in [6.07, 6.45) is 0. The molecule has 0 aliphatic carbocycles. The van der Waals surface area contributed by atoms with Crippen LogP contribution in [0, 0.1) is 0 Å². The Kier molecular flexibility index (Phi) is 6.17. The van der Waals surface area contributed by atoms with Gasteiger partial charge in [0.15, 0.2) is 0 Å². The first-order valence-corrected chi connectivity index (χ1v) is 5.78. The van der Waals surface area contributed by atoms with E-state index in [0.29, 0.717) is 24.9 Å². The highest BCUT2D eigenvalue weighted by atomic mass is 16.7. The molecule has 0 spiro atoms. The summed E-state index contributed by atoms with van der Waals surface area (Å²) < 4.78 is 5.31. The molecule has 18 heavy (non-hydrogen) atoms. The van der Waals surface area contributed by atoms with Crippen LogP contribution in [0.4, 0.5) is 0 Å². The van der Waals surface area contributed by atoms with Crippen molar-refractivity contribution in [3.05, 3.63) is 48.2 Å². The van der Waals surface area contributed by atoms with Crippen molar-refractivity contribution in [3.8, 4) is 0 Å². The number of hydrogen-bond acceptors (Lipinski definition) is 4. The summed E-state index contributed by atoms with van der Waals surface area (Å²) in [5, 5.41) is 6.99. The van der Waals surface area contributed by atoms with Crippen molar-refractivity contribution in [3.63, 3.8) is 0 Å². The number of hydrazone groups is 1. The molecule has 0 aliphatic heterocycles. The molecule has 1 rings (SSSR count). The molecule has 0 aromatic heterocycles. The number of nitrogens with one attached hydrogen (secondary N) is 2. The Bertz CT molecular complexity index is 390. The molecule has 0 bridgehead atoms. The number of rotatable bonds is 6. The first kappa shape index (κ1) is 13.9. The van der Waals surface area contributed by atoms with Crippen LogP contribution in [0.25, 0.3) is 0 Å². The zero-order valence-electron chi connectivity index (χ0n) is 10.8. The van der Waals surface area contributed by atoms with E-state index in [-0.39, 0.29) is 0 Å². The van der Waals surface area contributed by atoms with Gasteiger partial charge in [0.1, 0.15) is 5.76 Å². The fourth-order valence-electron chi connectivity index (χ4n) is 1.18. The number of nitrogens with zero attached hydrogens (tertiary/aromatic N) is 1. The molecule has 0 heterocycles. The molecular weight excluding hydrogens is 230 g/mol. The first-order valence-electron chi connectivity index (χ1n) is 5.78. The highest BCUT2D eigenvalue weighted by molar-refractivity contribution is 5.73. The van der Waals surface area contributed by atoms with Crippen LogP contribution >= 0.6 is 0 Å². The molecule has 0 saturated carbocycles. The smallest absolute Gasteiger partial charge is 0.309 e. The molecule has 0 radical (unpaired) electrons. The van der Waals surface area contributed by atoms with Gasteiger partial charge in [-0.3, -0.25) is 0 Å². The van der Waals surface area contributed by atoms with E-state index in [1.54, 1.807) is 6.92 Å². The number of ether oxygens (including phenoxy) is 1. The predicted octanol–water partition coefficient (Wildman–Crippen LogP) is 2.14. The SMILES string of the molecule is C=C(C)ON/N=C(\NCc1ccccc1)OCC. The minimum Gasteiger partial charge on any atom is -0.464 e. The zero-order chi connectivity index (χ0) is 13.2. The molecule has 0 aliphatic rings. The van der Waals surface area contributed by atoms with E-state index in [9.17, 15) is 0 Å². The Balaban J connectivity index is 2.44. The molecule has 98 valence electrons. The number of amidine groups is 1. The fourth-order valence-corrected chi connectivity index (χ4v) is 1.18. The van der Waals surface area contributed by atoms with Gasteiger partial charge >= 0.3 is 6.02 Å². The summed E-state index contributed by atoms with van der Waals surface area (Å²) in [6, 6.07) is 10.4. The molecule has 1 aromatic rings. The molecule has 0 fully saturated rings. The molecule has 5 heteroatoms. The van der Waals surface area contributed by atoms with Crippen molar-refractivity contribution in [1.82, 2.24) is 10.9 Å². The summed E-state index contributed by atoms with van der Waals surface area (Å²) >= 11 is 0. The molecule has 5 nitrogen and oxygen atoms in total. The second-order valence-corrected chi connectivity index (χ2v) is 3.58. The van der Waals surface area contributed by atoms with Crippen molar-refractivity contribution >= 4 is 6.02 Å². The fraction of sp³-hybridized carbons (Fsp3) is 0.308. The molecule has 2 N–H and O–H groups in total. The van der Waals surface area contributed by atoms with E-state index in [0.717, 1.165) is 5.56 Å². The molecule has 1 aromatic carbocycles. The van der Waals surface area contributed by atoms with E-state index in [1.165, 1.54) is 0 Å². The van der Waals surface area contributed by atoms with Crippen LogP contribution in [0.3, 0.4) is 0 Å². The maximum atomic E-state index is 5.31. The Hall–Kier alpha value is -2.17. The summed E-state index contributed by atoms with van der Waals surface area (Å²) in [5.74, 6) is 0.526. The van der Waals surface area contributed by atoms with Gasteiger partial charge in [-0.05, 0) is 19.4 Å². The third-order valence-corrected chi connectivity index (χ3v) is 1.93.